The summed E-state index contributed by atoms with van der Waals surface area (Å²) in [4.78, 5) is 4.66. The van der Waals surface area contributed by atoms with Crippen molar-refractivity contribution in [1.29, 1.82) is 0 Å². The van der Waals surface area contributed by atoms with E-state index in [9.17, 15) is 0 Å². The second-order valence-electron chi connectivity index (χ2n) is 5.41. The van der Waals surface area contributed by atoms with Crippen LogP contribution < -0.4 is 5.32 Å². The number of pyridine rings is 1. The molecule has 1 aromatic heterocycles. The molecule has 0 amide bonds. The first-order valence-corrected chi connectivity index (χ1v) is 8.17. The Labute approximate surface area is 114 Å². The minimum Gasteiger partial charge on any atom is -0.315 e. The highest BCUT2D eigenvalue weighted by Gasteiger charge is 2.35. The van der Waals surface area contributed by atoms with Crippen LogP contribution in [0.4, 0.5) is 0 Å². The summed E-state index contributed by atoms with van der Waals surface area (Å²) < 4.78 is 0. The molecule has 2 heterocycles. The van der Waals surface area contributed by atoms with Crippen LogP contribution in [0.2, 0.25) is 0 Å². The molecule has 3 unspecified atom stereocenters. The molecule has 0 spiro atoms. The van der Waals surface area contributed by atoms with Gasteiger partial charge in [-0.15, -0.1) is 0 Å². The fraction of sp³-hybridized carbons (Fsp3) is 0.667. The predicted octanol–water partition coefficient (Wildman–Crippen LogP) is 2.99. The maximum Gasteiger partial charge on any atom is 0.0482 e. The largest absolute Gasteiger partial charge is 0.315 e. The normalized spacial score (nSPS) is 28.9. The van der Waals surface area contributed by atoms with E-state index >= 15 is 0 Å². The van der Waals surface area contributed by atoms with Gasteiger partial charge in [-0.25, -0.2) is 0 Å². The van der Waals surface area contributed by atoms with Gasteiger partial charge in [-0.3, -0.25) is 4.98 Å². The van der Waals surface area contributed by atoms with E-state index in [0.29, 0.717) is 12.0 Å². The van der Waals surface area contributed by atoms with Gasteiger partial charge in [0, 0.05) is 29.1 Å². The van der Waals surface area contributed by atoms with Gasteiger partial charge < -0.3 is 5.32 Å². The zero-order valence-electron chi connectivity index (χ0n) is 11.1. The number of fused-ring (bicyclic) bond motifs is 1. The summed E-state index contributed by atoms with van der Waals surface area (Å²) in [5, 5.41) is 4.37. The summed E-state index contributed by atoms with van der Waals surface area (Å²) in [5.74, 6) is 1.96. The zero-order valence-corrected chi connectivity index (χ0v) is 11.9. The van der Waals surface area contributed by atoms with Gasteiger partial charge in [0.25, 0.3) is 0 Å². The Hall–Kier alpha value is -0.540. The molecule has 2 nitrogen and oxygen atoms in total. The van der Waals surface area contributed by atoms with Crippen molar-refractivity contribution in [3.05, 3.63) is 29.6 Å². The molecule has 0 aromatic carbocycles. The van der Waals surface area contributed by atoms with Crippen molar-refractivity contribution in [1.82, 2.24) is 10.3 Å². The number of aromatic nitrogens is 1. The molecule has 1 aromatic rings. The standard InChI is InChI=1S/C15H22N2S/c1-16-15(13-6-2-3-10-18-13)12-8-7-11-5-4-9-17-14(11)12/h4-5,9,12-13,15-16H,2-3,6-8,10H2,1H3. The van der Waals surface area contributed by atoms with E-state index in [0.717, 1.165) is 5.25 Å². The maximum atomic E-state index is 4.66. The Morgan fingerprint density at radius 1 is 1.39 bits per heavy atom. The third-order valence-electron chi connectivity index (χ3n) is 4.38. The molecule has 0 radical (unpaired) electrons. The van der Waals surface area contributed by atoms with Crippen molar-refractivity contribution < 1.29 is 0 Å². The Morgan fingerprint density at radius 3 is 3.11 bits per heavy atom. The van der Waals surface area contributed by atoms with Crippen LogP contribution in [0.1, 0.15) is 42.9 Å². The van der Waals surface area contributed by atoms with Crippen molar-refractivity contribution >= 4 is 11.8 Å². The molecule has 1 saturated heterocycles. The first-order chi connectivity index (χ1) is 8.90. The van der Waals surface area contributed by atoms with Gasteiger partial charge in [-0.05, 0) is 50.1 Å². The third kappa shape index (κ3) is 2.30. The number of aryl methyl sites for hydroxylation is 1. The lowest BCUT2D eigenvalue weighted by Gasteiger charge is -2.33. The second kappa shape index (κ2) is 5.62. The number of hydrogen-bond donors (Lipinski definition) is 1. The quantitative estimate of drug-likeness (QED) is 0.906. The molecule has 1 fully saturated rings. The summed E-state index contributed by atoms with van der Waals surface area (Å²) in [6.45, 7) is 0. The van der Waals surface area contributed by atoms with Gasteiger partial charge in [0.2, 0.25) is 0 Å². The smallest absolute Gasteiger partial charge is 0.0482 e. The van der Waals surface area contributed by atoms with Crippen molar-refractivity contribution in [2.45, 2.75) is 49.3 Å². The first-order valence-electron chi connectivity index (χ1n) is 7.13. The van der Waals surface area contributed by atoms with Crippen LogP contribution in [0.25, 0.3) is 0 Å². The lowest BCUT2D eigenvalue weighted by molar-refractivity contribution is 0.417. The Bertz CT molecular complexity index is 401. The summed E-state index contributed by atoms with van der Waals surface area (Å²) >= 11 is 2.17. The molecule has 1 aliphatic carbocycles. The Morgan fingerprint density at radius 2 is 2.33 bits per heavy atom. The second-order valence-corrected chi connectivity index (χ2v) is 6.76. The molecule has 2 aliphatic rings. The van der Waals surface area contributed by atoms with Crippen LogP contribution in [0, 0.1) is 0 Å². The van der Waals surface area contributed by atoms with Gasteiger partial charge in [0.1, 0.15) is 0 Å². The Balaban J connectivity index is 1.80. The van der Waals surface area contributed by atoms with E-state index in [1.54, 1.807) is 0 Å². The minimum absolute atomic E-state index is 0.603. The van der Waals surface area contributed by atoms with E-state index in [1.807, 2.05) is 6.20 Å². The van der Waals surface area contributed by atoms with Crippen LogP contribution in [0.3, 0.4) is 0 Å². The summed E-state index contributed by atoms with van der Waals surface area (Å²) in [7, 11) is 2.13. The molecule has 18 heavy (non-hydrogen) atoms. The average molecular weight is 262 g/mol. The van der Waals surface area contributed by atoms with Crippen LogP contribution >= 0.6 is 11.8 Å². The van der Waals surface area contributed by atoms with E-state index < -0.39 is 0 Å². The number of thioether (sulfide) groups is 1. The SMILES string of the molecule is CNC(C1CCCCS1)C1CCc2cccnc21. The van der Waals surface area contributed by atoms with Gasteiger partial charge in [0.15, 0.2) is 0 Å². The first kappa shape index (κ1) is 12.5. The molecular weight excluding hydrogens is 240 g/mol. The molecule has 0 saturated carbocycles. The van der Waals surface area contributed by atoms with Gasteiger partial charge in [-0.1, -0.05) is 12.5 Å². The van der Waals surface area contributed by atoms with E-state index in [1.165, 1.54) is 49.1 Å². The number of rotatable bonds is 3. The van der Waals surface area contributed by atoms with Gasteiger partial charge >= 0.3 is 0 Å². The third-order valence-corrected chi connectivity index (χ3v) is 5.87. The molecular formula is C15H22N2S. The monoisotopic (exact) mass is 262 g/mol. The maximum absolute atomic E-state index is 4.66. The van der Waals surface area contributed by atoms with E-state index in [-0.39, 0.29) is 0 Å². The fourth-order valence-electron chi connectivity index (χ4n) is 3.49. The predicted molar refractivity (Wildman–Crippen MR) is 78.2 cm³/mol. The molecule has 1 N–H and O–H groups in total. The van der Waals surface area contributed by atoms with Crippen molar-refractivity contribution in [2.24, 2.45) is 0 Å². The van der Waals surface area contributed by atoms with Gasteiger partial charge in [0.05, 0.1) is 0 Å². The number of hydrogen-bond acceptors (Lipinski definition) is 3. The number of likely N-dealkylation sites (N-methyl/N-ethyl adjacent to an activating group) is 1. The average Bonchev–Trinajstić information content (AvgIpc) is 2.85. The van der Waals surface area contributed by atoms with E-state index in [4.69, 9.17) is 0 Å². The lowest BCUT2D eigenvalue weighted by atomic mass is 9.91. The van der Waals surface area contributed by atoms with Crippen LogP contribution in [0.5, 0.6) is 0 Å². The molecule has 0 bridgehead atoms. The van der Waals surface area contributed by atoms with Gasteiger partial charge in [-0.2, -0.15) is 11.8 Å². The topological polar surface area (TPSA) is 24.9 Å². The number of nitrogens with zero attached hydrogens (tertiary/aromatic N) is 1. The van der Waals surface area contributed by atoms with Crippen LogP contribution in [-0.2, 0) is 6.42 Å². The highest BCUT2D eigenvalue weighted by atomic mass is 32.2. The summed E-state index contributed by atoms with van der Waals surface area (Å²) in [5.41, 5.74) is 2.84. The van der Waals surface area contributed by atoms with Crippen molar-refractivity contribution in [3.63, 3.8) is 0 Å². The van der Waals surface area contributed by atoms with Crippen molar-refractivity contribution in [2.75, 3.05) is 12.8 Å². The van der Waals surface area contributed by atoms with E-state index in [2.05, 4.69) is 41.2 Å². The highest BCUT2D eigenvalue weighted by molar-refractivity contribution is 8.00. The molecule has 3 rings (SSSR count). The van der Waals surface area contributed by atoms with Crippen molar-refractivity contribution in [3.8, 4) is 0 Å². The molecule has 3 heteroatoms. The molecule has 1 aliphatic heterocycles. The van der Waals surface area contributed by atoms with Crippen LogP contribution in [-0.4, -0.2) is 29.1 Å². The zero-order chi connectivity index (χ0) is 12.4. The highest BCUT2D eigenvalue weighted by Crippen LogP contribution is 2.39. The van der Waals surface area contributed by atoms with Crippen LogP contribution in [0.15, 0.2) is 18.3 Å². The summed E-state index contributed by atoms with van der Waals surface area (Å²) in [6.07, 6.45) is 8.61. The molecule has 3 atom stereocenters. The number of nitrogens with one attached hydrogen (secondary N) is 1. The summed E-state index contributed by atoms with van der Waals surface area (Å²) in [6, 6.07) is 4.93. The fourth-order valence-corrected chi connectivity index (χ4v) is 5.03. The Kier molecular flexibility index (Phi) is 3.90. The minimum atomic E-state index is 0.603. The lowest BCUT2D eigenvalue weighted by Crippen LogP contribution is -2.41. The molecule has 98 valence electrons.